The molecule has 0 spiro atoms. The van der Waals surface area contributed by atoms with E-state index in [0.717, 1.165) is 5.82 Å². The molecule has 0 fully saturated rings. The molecule has 14 heavy (non-hydrogen) atoms. The van der Waals surface area contributed by atoms with Crippen LogP contribution < -0.4 is 4.90 Å². The lowest BCUT2D eigenvalue weighted by Gasteiger charge is -2.15. The molecule has 0 amide bonds. The van der Waals surface area contributed by atoms with E-state index in [4.69, 9.17) is 0 Å². The summed E-state index contributed by atoms with van der Waals surface area (Å²) < 4.78 is 4.53. The Morgan fingerprint density at radius 3 is 3.00 bits per heavy atom. The molecule has 0 N–H and O–H groups in total. The van der Waals surface area contributed by atoms with Crippen LogP contribution in [0.3, 0.4) is 0 Å². The minimum absolute atomic E-state index is 0.222. The van der Waals surface area contributed by atoms with Crippen molar-refractivity contribution in [2.75, 3.05) is 25.6 Å². The van der Waals surface area contributed by atoms with E-state index in [1.165, 1.54) is 7.11 Å². The molecule has 0 aliphatic heterocycles. The minimum atomic E-state index is -0.222. The van der Waals surface area contributed by atoms with Gasteiger partial charge in [-0.3, -0.25) is 4.79 Å². The topological polar surface area (TPSA) is 55.3 Å². The zero-order chi connectivity index (χ0) is 10.4. The first-order chi connectivity index (χ1) is 6.74. The van der Waals surface area contributed by atoms with Crippen LogP contribution in [-0.4, -0.2) is 36.9 Å². The Labute approximate surface area is 82.7 Å². The highest BCUT2D eigenvalue weighted by Gasteiger charge is 2.05. The highest BCUT2D eigenvalue weighted by Crippen LogP contribution is 2.05. The molecule has 1 heterocycles. The quantitative estimate of drug-likeness (QED) is 0.654. The van der Waals surface area contributed by atoms with Gasteiger partial charge in [0.25, 0.3) is 0 Å². The molecular weight excluding hydrogens is 182 g/mol. The number of carbonyl (C=O) groups is 1. The molecule has 0 atom stereocenters. The van der Waals surface area contributed by atoms with Crippen molar-refractivity contribution in [3.8, 4) is 0 Å². The van der Waals surface area contributed by atoms with Crippen LogP contribution in [0.1, 0.15) is 6.42 Å². The molecule has 0 aromatic carbocycles. The van der Waals surface area contributed by atoms with Crippen LogP contribution in [0.25, 0.3) is 0 Å². The predicted molar refractivity (Wildman–Crippen MR) is 51.9 cm³/mol. The van der Waals surface area contributed by atoms with E-state index in [2.05, 4.69) is 14.9 Å². The predicted octanol–water partition coefficient (Wildman–Crippen LogP) is 0.476. The number of aromatic nitrogens is 2. The third-order valence-corrected chi connectivity index (χ3v) is 1.83. The van der Waals surface area contributed by atoms with Crippen molar-refractivity contribution >= 4 is 11.8 Å². The number of nitrogens with zero attached hydrogens (tertiary/aromatic N) is 3. The second kappa shape index (κ2) is 5.16. The summed E-state index contributed by atoms with van der Waals surface area (Å²) >= 11 is 0. The smallest absolute Gasteiger partial charge is 0.307 e. The fourth-order valence-electron chi connectivity index (χ4n) is 0.973. The van der Waals surface area contributed by atoms with Gasteiger partial charge in [0.1, 0.15) is 0 Å². The van der Waals surface area contributed by atoms with Gasteiger partial charge in [0.2, 0.25) is 0 Å². The number of anilines is 1. The van der Waals surface area contributed by atoms with Crippen LogP contribution in [0.5, 0.6) is 0 Å². The van der Waals surface area contributed by atoms with Gasteiger partial charge in [0, 0.05) is 19.8 Å². The number of hydrogen-bond acceptors (Lipinski definition) is 5. The lowest BCUT2D eigenvalue weighted by atomic mass is 10.4. The molecule has 0 bridgehead atoms. The van der Waals surface area contributed by atoms with Crippen molar-refractivity contribution in [1.82, 2.24) is 10.2 Å². The van der Waals surface area contributed by atoms with Gasteiger partial charge in [-0.15, -0.1) is 5.10 Å². The van der Waals surface area contributed by atoms with Crippen LogP contribution in [0.2, 0.25) is 0 Å². The summed E-state index contributed by atoms with van der Waals surface area (Å²) in [5.74, 6) is 0.525. The SMILES string of the molecule is COC(=O)CCN(C)c1cccnn1. The number of methoxy groups -OCH3 is 1. The lowest BCUT2D eigenvalue weighted by Crippen LogP contribution is -2.22. The van der Waals surface area contributed by atoms with E-state index in [1.807, 2.05) is 18.0 Å². The molecule has 0 saturated heterocycles. The zero-order valence-corrected chi connectivity index (χ0v) is 8.30. The second-order valence-electron chi connectivity index (χ2n) is 2.83. The number of carbonyl (C=O) groups excluding carboxylic acids is 1. The first-order valence-electron chi connectivity index (χ1n) is 4.29. The second-order valence-corrected chi connectivity index (χ2v) is 2.83. The van der Waals surface area contributed by atoms with Crippen LogP contribution in [-0.2, 0) is 9.53 Å². The van der Waals surface area contributed by atoms with Crippen LogP contribution in [0.4, 0.5) is 5.82 Å². The van der Waals surface area contributed by atoms with Crippen molar-refractivity contribution < 1.29 is 9.53 Å². The fraction of sp³-hybridized carbons (Fsp3) is 0.444. The molecule has 0 radical (unpaired) electrons. The third-order valence-electron chi connectivity index (χ3n) is 1.83. The summed E-state index contributed by atoms with van der Waals surface area (Å²) in [6.07, 6.45) is 1.96. The van der Waals surface area contributed by atoms with Gasteiger partial charge in [-0.2, -0.15) is 5.10 Å². The standard InChI is InChI=1S/C9H13N3O2/c1-12(7-5-9(13)14-2)8-4-3-6-10-11-8/h3-4,6H,5,7H2,1-2H3. The molecule has 0 aliphatic rings. The first-order valence-corrected chi connectivity index (χ1v) is 4.29. The summed E-state index contributed by atoms with van der Waals surface area (Å²) in [6, 6.07) is 3.64. The van der Waals surface area contributed by atoms with Crippen molar-refractivity contribution in [2.45, 2.75) is 6.42 Å². The van der Waals surface area contributed by atoms with Crippen molar-refractivity contribution in [3.05, 3.63) is 18.3 Å². The average Bonchev–Trinajstić information content (AvgIpc) is 2.26. The zero-order valence-electron chi connectivity index (χ0n) is 8.30. The summed E-state index contributed by atoms with van der Waals surface area (Å²) in [5, 5.41) is 7.65. The van der Waals surface area contributed by atoms with Gasteiger partial charge in [-0.25, -0.2) is 0 Å². The van der Waals surface area contributed by atoms with Crippen molar-refractivity contribution in [2.24, 2.45) is 0 Å². The normalized spacial score (nSPS) is 9.57. The molecule has 1 aromatic heterocycles. The lowest BCUT2D eigenvalue weighted by molar-refractivity contribution is -0.140. The van der Waals surface area contributed by atoms with Gasteiger partial charge in [0.05, 0.1) is 13.5 Å². The molecular formula is C9H13N3O2. The minimum Gasteiger partial charge on any atom is -0.469 e. The molecule has 5 heteroatoms. The molecule has 0 unspecified atom stereocenters. The van der Waals surface area contributed by atoms with E-state index in [1.54, 1.807) is 12.3 Å². The summed E-state index contributed by atoms with van der Waals surface area (Å²) in [4.78, 5) is 12.7. The number of hydrogen-bond donors (Lipinski definition) is 0. The number of ether oxygens (including phenoxy) is 1. The van der Waals surface area contributed by atoms with Gasteiger partial charge >= 0.3 is 5.97 Å². The monoisotopic (exact) mass is 195 g/mol. The van der Waals surface area contributed by atoms with Gasteiger partial charge < -0.3 is 9.64 Å². The van der Waals surface area contributed by atoms with E-state index < -0.39 is 0 Å². The molecule has 1 aromatic rings. The summed E-state index contributed by atoms with van der Waals surface area (Å²) in [6.45, 7) is 0.575. The summed E-state index contributed by atoms with van der Waals surface area (Å²) in [7, 11) is 3.23. The maximum absolute atomic E-state index is 10.9. The third kappa shape index (κ3) is 3.01. The Kier molecular flexibility index (Phi) is 3.84. The van der Waals surface area contributed by atoms with Crippen LogP contribution in [0.15, 0.2) is 18.3 Å². The van der Waals surface area contributed by atoms with E-state index in [-0.39, 0.29) is 5.97 Å². The highest BCUT2D eigenvalue weighted by molar-refractivity contribution is 5.69. The van der Waals surface area contributed by atoms with Gasteiger partial charge in [0.15, 0.2) is 5.82 Å². The van der Waals surface area contributed by atoms with Gasteiger partial charge in [-0.1, -0.05) is 0 Å². The van der Waals surface area contributed by atoms with E-state index in [0.29, 0.717) is 13.0 Å². The number of esters is 1. The Balaban J connectivity index is 2.43. The Morgan fingerprint density at radius 1 is 1.64 bits per heavy atom. The molecule has 1 rings (SSSR count). The van der Waals surface area contributed by atoms with E-state index in [9.17, 15) is 4.79 Å². The van der Waals surface area contributed by atoms with Crippen molar-refractivity contribution in [1.29, 1.82) is 0 Å². The Hall–Kier alpha value is -1.65. The Morgan fingerprint density at radius 2 is 2.43 bits per heavy atom. The van der Waals surface area contributed by atoms with E-state index >= 15 is 0 Å². The first kappa shape index (κ1) is 10.4. The highest BCUT2D eigenvalue weighted by atomic mass is 16.5. The number of rotatable bonds is 4. The average molecular weight is 195 g/mol. The summed E-state index contributed by atoms with van der Waals surface area (Å²) in [5.41, 5.74) is 0. The molecule has 5 nitrogen and oxygen atoms in total. The van der Waals surface area contributed by atoms with Crippen molar-refractivity contribution in [3.63, 3.8) is 0 Å². The largest absolute Gasteiger partial charge is 0.469 e. The molecule has 0 saturated carbocycles. The fourth-order valence-corrected chi connectivity index (χ4v) is 0.973. The Bertz CT molecular complexity index is 289. The van der Waals surface area contributed by atoms with Gasteiger partial charge in [-0.05, 0) is 12.1 Å². The van der Waals surface area contributed by atoms with Crippen LogP contribution in [0, 0.1) is 0 Å². The molecule has 0 aliphatic carbocycles. The maximum Gasteiger partial charge on any atom is 0.307 e. The molecule has 76 valence electrons. The maximum atomic E-state index is 10.9. The van der Waals surface area contributed by atoms with Crippen LogP contribution >= 0.6 is 0 Å².